The minimum absolute atomic E-state index is 0.610. The van der Waals surface area contributed by atoms with Gasteiger partial charge in [0, 0.05) is 30.4 Å². The summed E-state index contributed by atoms with van der Waals surface area (Å²) in [6.07, 6.45) is 3.52. The summed E-state index contributed by atoms with van der Waals surface area (Å²) in [4.78, 5) is 20.8. The number of para-hydroxylation sites is 2. The Bertz CT molecular complexity index is 997. The van der Waals surface area contributed by atoms with E-state index in [1.807, 2.05) is 66.7 Å². The molecule has 0 saturated heterocycles. The lowest BCUT2D eigenvalue weighted by atomic mass is 10.0. The largest absolute Gasteiger partial charge is 0.481 e. The number of rotatable bonds is 4. The Labute approximate surface area is 161 Å². The zero-order valence-electron chi connectivity index (χ0n) is 15.2. The molecule has 7 heteroatoms. The Morgan fingerprint density at radius 3 is 2.25 bits per heavy atom. The van der Waals surface area contributed by atoms with Crippen LogP contribution in [0.1, 0.15) is 18.1 Å². The highest BCUT2D eigenvalue weighted by Crippen LogP contribution is 2.15. The van der Waals surface area contributed by atoms with Gasteiger partial charge >= 0.3 is 0 Å². The minimum atomic E-state index is -0.833. The average Bonchev–Trinajstić information content (AvgIpc) is 3.12. The smallest absolute Gasteiger partial charge is 0.300 e. The fraction of sp³-hybridized carbons (Fsp3) is 0.0476. The number of H-pyrrole nitrogens is 1. The summed E-state index contributed by atoms with van der Waals surface area (Å²) in [5.74, 6) is -0.223. The molecule has 0 radical (unpaired) electrons. The highest BCUT2D eigenvalue weighted by molar-refractivity contribution is 6.13. The second-order valence-corrected chi connectivity index (χ2v) is 5.80. The molecule has 0 aliphatic carbocycles. The molecule has 28 heavy (non-hydrogen) atoms. The maximum Gasteiger partial charge on any atom is 0.300 e. The molecule has 0 unspecified atom stereocenters. The molecular weight excluding hydrogens is 354 g/mol. The SMILES string of the molecule is CC(=O)O.c1ccc(/C(=N\Nc2nc3ccccc3[nH]2)c2ccncc2)cc1. The third-order valence-electron chi connectivity index (χ3n) is 3.66. The molecule has 140 valence electrons. The molecule has 0 fully saturated rings. The Morgan fingerprint density at radius 2 is 1.57 bits per heavy atom. The van der Waals surface area contributed by atoms with E-state index in [1.54, 1.807) is 12.4 Å². The summed E-state index contributed by atoms with van der Waals surface area (Å²) in [5, 5.41) is 12.0. The van der Waals surface area contributed by atoms with Gasteiger partial charge in [-0.3, -0.25) is 9.78 Å². The lowest BCUT2D eigenvalue weighted by Gasteiger charge is -2.07. The zero-order chi connectivity index (χ0) is 19.8. The van der Waals surface area contributed by atoms with Crippen molar-refractivity contribution in [2.24, 2.45) is 5.10 Å². The fourth-order valence-corrected chi connectivity index (χ4v) is 2.52. The first-order chi connectivity index (χ1) is 13.6. The van der Waals surface area contributed by atoms with E-state index in [0.717, 1.165) is 34.8 Å². The van der Waals surface area contributed by atoms with Crippen LogP contribution in [0, 0.1) is 0 Å². The van der Waals surface area contributed by atoms with Gasteiger partial charge in [-0.05, 0) is 24.3 Å². The molecule has 2 heterocycles. The second kappa shape index (κ2) is 9.09. The molecule has 0 bridgehead atoms. The summed E-state index contributed by atoms with van der Waals surface area (Å²) >= 11 is 0. The van der Waals surface area contributed by atoms with Crippen molar-refractivity contribution in [2.45, 2.75) is 6.92 Å². The number of carboxylic acids is 1. The molecule has 7 nitrogen and oxygen atoms in total. The van der Waals surface area contributed by atoms with Crippen molar-refractivity contribution in [1.29, 1.82) is 0 Å². The Hall–Kier alpha value is -4.00. The number of imidazole rings is 1. The molecule has 2 aromatic heterocycles. The molecule has 4 aromatic rings. The Morgan fingerprint density at radius 1 is 0.964 bits per heavy atom. The van der Waals surface area contributed by atoms with Gasteiger partial charge in [0.2, 0.25) is 5.95 Å². The summed E-state index contributed by atoms with van der Waals surface area (Å²) < 4.78 is 0. The number of aromatic nitrogens is 3. The first-order valence-corrected chi connectivity index (χ1v) is 8.57. The number of carbonyl (C=O) groups is 1. The third kappa shape index (κ3) is 5.01. The van der Waals surface area contributed by atoms with Crippen molar-refractivity contribution in [3.63, 3.8) is 0 Å². The quantitative estimate of drug-likeness (QED) is 0.372. The summed E-state index contributed by atoms with van der Waals surface area (Å²) in [5.41, 5.74) is 7.75. The maximum absolute atomic E-state index is 9.00. The first kappa shape index (κ1) is 18.8. The number of hydrogen-bond acceptors (Lipinski definition) is 5. The second-order valence-electron chi connectivity index (χ2n) is 5.80. The van der Waals surface area contributed by atoms with Crippen LogP contribution >= 0.6 is 0 Å². The number of hydrogen-bond donors (Lipinski definition) is 3. The minimum Gasteiger partial charge on any atom is -0.481 e. The van der Waals surface area contributed by atoms with Gasteiger partial charge in [-0.2, -0.15) is 5.10 Å². The van der Waals surface area contributed by atoms with Crippen LogP contribution in [0.25, 0.3) is 11.0 Å². The van der Waals surface area contributed by atoms with Crippen LogP contribution in [0.3, 0.4) is 0 Å². The van der Waals surface area contributed by atoms with E-state index in [0.29, 0.717) is 5.95 Å². The maximum atomic E-state index is 9.00. The molecule has 0 atom stereocenters. The van der Waals surface area contributed by atoms with Crippen LogP contribution in [-0.2, 0) is 4.79 Å². The predicted octanol–water partition coefficient (Wildman–Crippen LogP) is 3.91. The predicted molar refractivity (Wildman–Crippen MR) is 109 cm³/mol. The van der Waals surface area contributed by atoms with Gasteiger partial charge in [0.05, 0.1) is 16.7 Å². The number of fused-ring (bicyclic) bond motifs is 1. The van der Waals surface area contributed by atoms with E-state index in [4.69, 9.17) is 9.90 Å². The van der Waals surface area contributed by atoms with Crippen molar-refractivity contribution >= 4 is 28.7 Å². The van der Waals surface area contributed by atoms with Crippen LogP contribution in [0.4, 0.5) is 5.95 Å². The van der Waals surface area contributed by atoms with E-state index in [-0.39, 0.29) is 0 Å². The van der Waals surface area contributed by atoms with Crippen molar-refractivity contribution in [3.05, 3.63) is 90.3 Å². The molecular formula is C21H19N5O2. The molecule has 0 aliphatic rings. The number of benzene rings is 2. The highest BCUT2D eigenvalue weighted by Gasteiger charge is 2.07. The normalized spacial score (nSPS) is 10.8. The van der Waals surface area contributed by atoms with Crippen molar-refractivity contribution in [2.75, 3.05) is 5.43 Å². The summed E-state index contributed by atoms with van der Waals surface area (Å²) in [6, 6.07) is 21.8. The molecule has 0 amide bonds. The molecule has 0 aliphatic heterocycles. The van der Waals surface area contributed by atoms with Crippen molar-refractivity contribution in [3.8, 4) is 0 Å². The van der Waals surface area contributed by atoms with Crippen molar-refractivity contribution in [1.82, 2.24) is 15.0 Å². The lowest BCUT2D eigenvalue weighted by molar-refractivity contribution is -0.134. The molecule has 3 N–H and O–H groups in total. The molecule has 0 saturated carbocycles. The first-order valence-electron chi connectivity index (χ1n) is 8.57. The van der Waals surface area contributed by atoms with Crippen LogP contribution in [0.5, 0.6) is 0 Å². The van der Waals surface area contributed by atoms with Gasteiger partial charge < -0.3 is 10.1 Å². The number of pyridine rings is 1. The number of carboxylic acid groups (broad SMARTS) is 1. The van der Waals surface area contributed by atoms with E-state index in [2.05, 4.69) is 25.5 Å². The van der Waals surface area contributed by atoms with E-state index < -0.39 is 5.97 Å². The zero-order valence-corrected chi connectivity index (χ0v) is 15.2. The van der Waals surface area contributed by atoms with Crippen LogP contribution in [0.2, 0.25) is 0 Å². The number of anilines is 1. The number of aromatic amines is 1. The number of aliphatic carboxylic acids is 1. The Kier molecular flexibility index (Phi) is 6.10. The van der Waals surface area contributed by atoms with Gasteiger partial charge in [-0.15, -0.1) is 0 Å². The van der Waals surface area contributed by atoms with Gasteiger partial charge in [0.25, 0.3) is 5.97 Å². The van der Waals surface area contributed by atoms with Crippen LogP contribution < -0.4 is 5.43 Å². The summed E-state index contributed by atoms with van der Waals surface area (Å²) in [6.45, 7) is 1.08. The number of nitrogens with zero attached hydrogens (tertiary/aromatic N) is 3. The summed E-state index contributed by atoms with van der Waals surface area (Å²) in [7, 11) is 0. The van der Waals surface area contributed by atoms with Gasteiger partial charge in [-0.25, -0.2) is 10.4 Å². The van der Waals surface area contributed by atoms with Crippen molar-refractivity contribution < 1.29 is 9.90 Å². The topological polar surface area (TPSA) is 103 Å². The number of hydrazone groups is 1. The standard InChI is InChI=1S/C19H15N5.C2H4O2/c1-2-6-14(7-3-1)18(15-10-12-20-13-11-15)23-24-19-21-16-8-4-5-9-17(16)22-19;1-2(3)4/h1-13H,(H2,21,22,24);1H3,(H,3,4)/b23-18+;. The van der Waals surface area contributed by atoms with E-state index in [1.165, 1.54) is 0 Å². The Balaban J connectivity index is 0.000000516. The molecule has 0 spiro atoms. The van der Waals surface area contributed by atoms with Gasteiger partial charge in [0.1, 0.15) is 0 Å². The molecule has 2 aromatic carbocycles. The monoisotopic (exact) mass is 373 g/mol. The van der Waals surface area contributed by atoms with Crippen LogP contribution in [-0.4, -0.2) is 31.7 Å². The highest BCUT2D eigenvalue weighted by atomic mass is 16.4. The lowest BCUT2D eigenvalue weighted by Crippen LogP contribution is -2.07. The van der Waals surface area contributed by atoms with E-state index >= 15 is 0 Å². The van der Waals surface area contributed by atoms with E-state index in [9.17, 15) is 0 Å². The van der Waals surface area contributed by atoms with Gasteiger partial charge in [0.15, 0.2) is 0 Å². The van der Waals surface area contributed by atoms with Crippen LogP contribution in [0.15, 0.2) is 84.2 Å². The number of nitrogens with one attached hydrogen (secondary N) is 2. The van der Waals surface area contributed by atoms with Gasteiger partial charge in [-0.1, -0.05) is 42.5 Å². The average molecular weight is 373 g/mol. The third-order valence-corrected chi connectivity index (χ3v) is 3.66. The fourth-order valence-electron chi connectivity index (χ4n) is 2.52. The molecule has 4 rings (SSSR count).